The van der Waals surface area contributed by atoms with E-state index in [1.807, 2.05) is 0 Å². The number of aliphatic hydroxyl groups excluding tert-OH is 1. The van der Waals surface area contributed by atoms with Crippen molar-refractivity contribution in [2.75, 3.05) is 6.61 Å². The van der Waals surface area contributed by atoms with Gasteiger partial charge in [0.1, 0.15) is 0 Å². The summed E-state index contributed by atoms with van der Waals surface area (Å²) in [4.78, 5) is 0. The summed E-state index contributed by atoms with van der Waals surface area (Å²) in [5.41, 5.74) is 5.96. The van der Waals surface area contributed by atoms with E-state index >= 15 is 0 Å². The number of aliphatic hydroxyl groups is 1. The van der Waals surface area contributed by atoms with E-state index in [-0.39, 0.29) is 6.61 Å². The molecule has 1 aliphatic carbocycles. The molecule has 0 radical (unpaired) electrons. The molecule has 1 aliphatic rings. The molecule has 90 valence electrons. The van der Waals surface area contributed by atoms with E-state index < -0.39 is 0 Å². The molecule has 3 nitrogen and oxygen atoms in total. The van der Waals surface area contributed by atoms with Gasteiger partial charge in [-0.05, 0) is 31.6 Å². The summed E-state index contributed by atoms with van der Waals surface area (Å²) in [5.74, 6) is 0.579. The SMILES string of the molecule is CC(C)C(CCO)NC1CCCC(N)C1. The Morgan fingerprint density at radius 3 is 2.67 bits per heavy atom. The van der Waals surface area contributed by atoms with Gasteiger partial charge >= 0.3 is 0 Å². The molecule has 3 heteroatoms. The fourth-order valence-corrected chi connectivity index (χ4v) is 2.43. The average Bonchev–Trinajstić information content (AvgIpc) is 2.17. The summed E-state index contributed by atoms with van der Waals surface area (Å²) in [6.45, 7) is 4.68. The van der Waals surface area contributed by atoms with Crippen molar-refractivity contribution < 1.29 is 5.11 Å². The lowest BCUT2D eigenvalue weighted by molar-refractivity contribution is 0.219. The third-order valence-electron chi connectivity index (χ3n) is 3.41. The van der Waals surface area contributed by atoms with E-state index in [9.17, 15) is 0 Å². The maximum atomic E-state index is 9.00. The van der Waals surface area contributed by atoms with Gasteiger partial charge in [-0.1, -0.05) is 20.3 Å². The predicted octanol–water partition coefficient (Wildman–Crippen LogP) is 1.25. The van der Waals surface area contributed by atoms with Gasteiger partial charge in [-0.3, -0.25) is 0 Å². The van der Waals surface area contributed by atoms with Crippen molar-refractivity contribution in [2.45, 2.75) is 64.1 Å². The van der Waals surface area contributed by atoms with Crippen molar-refractivity contribution in [1.29, 1.82) is 0 Å². The lowest BCUT2D eigenvalue weighted by Gasteiger charge is -2.32. The predicted molar refractivity (Wildman–Crippen MR) is 63.7 cm³/mol. The first kappa shape index (κ1) is 12.9. The second-order valence-electron chi connectivity index (χ2n) is 5.15. The average molecular weight is 214 g/mol. The van der Waals surface area contributed by atoms with E-state index in [1.165, 1.54) is 19.3 Å². The lowest BCUT2D eigenvalue weighted by atomic mass is 9.89. The molecule has 0 aromatic rings. The van der Waals surface area contributed by atoms with Gasteiger partial charge in [-0.2, -0.15) is 0 Å². The number of hydrogen-bond acceptors (Lipinski definition) is 3. The van der Waals surface area contributed by atoms with Crippen LogP contribution in [0.4, 0.5) is 0 Å². The van der Waals surface area contributed by atoms with Crippen LogP contribution in [0.2, 0.25) is 0 Å². The zero-order valence-corrected chi connectivity index (χ0v) is 10.1. The van der Waals surface area contributed by atoms with Crippen molar-refractivity contribution in [3.05, 3.63) is 0 Å². The highest BCUT2D eigenvalue weighted by Crippen LogP contribution is 2.19. The van der Waals surface area contributed by atoms with Crippen LogP contribution in [0, 0.1) is 5.92 Å². The van der Waals surface area contributed by atoms with Crippen LogP contribution in [0.5, 0.6) is 0 Å². The minimum absolute atomic E-state index is 0.272. The topological polar surface area (TPSA) is 58.3 Å². The molecule has 3 atom stereocenters. The van der Waals surface area contributed by atoms with Gasteiger partial charge in [0.15, 0.2) is 0 Å². The summed E-state index contributed by atoms with van der Waals surface area (Å²) in [5, 5.41) is 12.6. The van der Waals surface area contributed by atoms with Crippen molar-refractivity contribution in [3.8, 4) is 0 Å². The minimum atomic E-state index is 0.272. The van der Waals surface area contributed by atoms with Crippen LogP contribution in [0.1, 0.15) is 46.0 Å². The Balaban J connectivity index is 2.35. The molecule has 0 bridgehead atoms. The number of hydrogen-bond donors (Lipinski definition) is 3. The molecule has 1 saturated carbocycles. The molecule has 0 amide bonds. The first-order chi connectivity index (χ1) is 7.13. The van der Waals surface area contributed by atoms with Crippen LogP contribution in [-0.4, -0.2) is 29.8 Å². The van der Waals surface area contributed by atoms with Gasteiger partial charge in [0.05, 0.1) is 0 Å². The third-order valence-corrected chi connectivity index (χ3v) is 3.41. The van der Waals surface area contributed by atoms with Crippen LogP contribution in [0.25, 0.3) is 0 Å². The molecule has 0 aromatic carbocycles. The summed E-state index contributed by atoms with van der Waals surface area (Å²) in [6, 6.07) is 1.37. The van der Waals surface area contributed by atoms with E-state index in [1.54, 1.807) is 0 Å². The van der Waals surface area contributed by atoms with Crippen molar-refractivity contribution in [3.63, 3.8) is 0 Å². The fourth-order valence-electron chi connectivity index (χ4n) is 2.43. The normalized spacial score (nSPS) is 29.4. The largest absolute Gasteiger partial charge is 0.396 e. The Hall–Kier alpha value is -0.120. The summed E-state index contributed by atoms with van der Waals surface area (Å²) in [7, 11) is 0. The quantitative estimate of drug-likeness (QED) is 0.645. The number of rotatable bonds is 5. The van der Waals surface area contributed by atoms with Crippen LogP contribution < -0.4 is 11.1 Å². The van der Waals surface area contributed by atoms with Crippen LogP contribution >= 0.6 is 0 Å². The summed E-state index contributed by atoms with van der Waals surface area (Å²) < 4.78 is 0. The number of nitrogens with one attached hydrogen (secondary N) is 1. The van der Waals surface area contributed by atoms with Gasteiger partial charge in [0, 0.05) is 24.7 Å². The first-order valence-corrected chi connectivity index (χ1v) is 6.26. The van der Waals surface area contributed by atoms with Crippen LogP contribution in [0.15, 0.2) is 0 Å². The molecule has 0 heterocycles. The van der Waals surface area contributed by atoms with Crippen molar-refractivity contribution in [2.24, 2.45) is 11.7 Å². The second-order valence-corrected chi connectivity index (χ2v) is 5.15. The Morgan fingerprint density at radius 2 is 2.13 bits per heavy atom. The summed E-state index contributed by atoms with van der Waals surface area (Å²) in [6.07, 6.45) is 5.59. The van der Waals surface area contributed by atoms with Gasteiger partial charge in [-0.15, -0.1) is 0 Å². The van der Waals surface area contributed by atoms with E-state index in [2.05, 4.69) is 19.2 Å². The van der Waals surface area contributed by atoms with Gasteiger partial charge in [-0.25, -0.2) is 0 Å². The zero-order chi connectivity index (χ0) is 11.3. The maximum absolute atomic E-state index is 9.00. The van der Waals surface area contributed by atoms with Gasteiger partial charge in [0.2, 0.25) is 0 Å². The third kappa shape index (κ3) is 4.49. The molecule has 0 aliphatic heterocycles. The first-order valence-electron chi connectivity index (χ1n) is 6.26. The molecule has 3 unspecified atom stereocenters. The Bertz CT molecular complexity index is 173. The zero-order valence-electron chi connectivity index (χ0n) is 10.1. The Labute approximate surface area is 93.4 Å². The molecular weight excluding hydrogens is 188 g/mol. The van der Waals surface area contributed by atoms with Crippen LogP contribution in [0.3, 0.4) is 0 Å². The second kappa shape index (κ2) is 6.46. The van der Waals surface area contributed by atoms with E-state index in [0.717, 1.165) is 12.8 Å². The van der Waals surface area contributed by atoms with Crippen molar-refractivity contribution >= 4 is 0 Å². The lowest BCUT2D eigenvalue weighted by Crippen LogP contribution is -2.46. The van der Waals surface area contributed by atoms with E-state index in [0.29, 0.717) is 24.0 Å². The monoisotopic (exact) mass is 214 g/mol. The van der Waals surface area contributed by atoms with Crippen LogP contribution in [-0.2, 0) is 0 Å². The van der Waals surface area contributed by atoms with Crippen molar-refractivity contribution in [1.82, 2.24) is 5.32 Å². The Kier molecular flexibility index (Phi) is 5.58. The molecular formula is C12H26N2O. The molecule has 0 spiro atoms. The van der Waals surface area contributed by atoms with Gasteiger partial charge in [0.25, 0.3) is 0 Å². The fraction of sp³-hybridized carbons (Fsp3) is 1.00. The molecule has 4 N–H and O–H groups in total. The van der Waals surface area contributed by atoms with E-state index in [4.69, 9.17) is 10.8 Å². The number of nitrogens with two attached hydrogens (primary N) is 1. The van der Waals surface area contributed by atoms with Gasteiger partial charge < -0.3 is 16.2 Å². The standard InChI is InChI=1S/C12H26N2O/c1-9(2)12(6-7-15)14-11-5-3-4-10(13)8-11/h9-12,14-15H,3-8,13H2,1-2H3. The molecule has 0 saturated heterocycles. The Morgan fingerprint density at radius 1 is 1.40 bits per heavy atom. The molecule has 0 aromatic heterocycles. The molecule has 1 rings (SSSR count). The maximum Gasteiger partial charge on any atom is 0.0445 e. The smallest absolute Gasteiger partial charge is 0.0445 e. The molecule has 1 fully saturated rings. The highest BCUT2D eigenvalue weighted by Gasteiger charge is 2.22. The highest BCUT2D eigenvalue weighted by molar-refractivity contribution is 4.83. The highest BCUT2D eigenvalue weighted by atomic mass is 16.3. The minimum Gasteiger partial charge on any atom is -0.396 e. The molecule has 15 heavy (non-hydrogen) atoms. The summed E-state index contributed by atoms with van der Waals surface area (Å²) >= 11 is 0.